The first kappa shape index (κ1) is 27.8. The predicted molar refractivity (Wildman–Crippen MR) is 152 cm³/mol. The number of H-pyrrole nitrogens is 1. The molecule has 0 saturated heterocycles. The molecule has 1 aliphatic heterocycles. The second kappa shape index (κ2) is 11.4. The van der Waals surface area contributed by atoms with Gasteiger partial charge in [-0.25, -0.2) is 9.67 Å². The quantitative estimate of drug-likeness (QED) is 0.371. The van der Waals surface area contributed by atoms with Gasteiger partial charge in [-0.2, -0.15) is 10.2 Å². The minimum Gasteiger partial charge on any atom is -0.476 e. The maximum absolute atomic E-state index is 10.0. The number of aromatic nitrogens is 7. The molecule has 5 heterocycles. The molecule has 0 radical (unpaired) electrons. The lowest BCUT2D eigenvalue weighted by Crippen LogP contribution is -2.41. The first-order valence-electron chi connectivity index (χ1n) is 13.6. The van der Waals surface area contributed by atoms with Gasteiger partial charge in [0.1, 0.15) is 6.10 Å². The Morgan fingerprint density at radius 3 is 2.75 bits per heavy atom. The molecule has 0 spiro atoms. The van der Waals surface area contributed by atoms with Crippen LogP contribution in [0.25, 0.3) is 34.3 Å². The summed E-state index contributed by atoms with van der Waals surface area (Å²) in [6.07, 6.45) is 5.57. The van der Waals surface area contributed by atoms with Crippen molar-refractivity contribution in [2.75, 3.05) is 27.4 Å². The molecule has 12 nitrogen and oxygen atoms in total. The van der Waals surface area contributed by atoms with Crippen molar-refractivity contribution in [1.29, 1.82) is 0 Å². The fourth-order valence-electron chi connectivity index (χ4n) is 5.06. The van der Waals surface area contributed by atoms with Crippen LogP contribution in [0, 0.1) is 0 Å². The maximum Gasteiger partial charge on any atom is 0.240 e. The number of aliphatic hydroxyl groups is 1. The van der Waals surface area contributed by atoms with Gasteiger partial charge in [-0.15, -0.1) is 5.10 Å². The van der Waals surface area contributed by atoms with E-state index in [2.05, 4.69) is 47.0 Å². The Labute approximate surface area is 233 Å². The molecule has 3 atom stereocenters. The molecule has 1 aliphatic rings. The SMILES string of the molecule is CCOc1nn([C@@H](C)CO)c2c1/C=C/c1[nH]nc3ncc(cc13)-c1c(COC)nn(C)c1OC(C)[C@@H](C)N(C)C2. The fourth-order valence-corrected chi connectivity index (χ4v) is 5.06. The van der Waals surface area contributed by atoms with Gasteiger partial charge in [-0.3, -0.25) is 14.7 Å². The number of hydrogen-bond donors (Lipinski definition) is 2. The highest BCUT2D eigenvalue weighted by Gasteiger charge is 2.28. The number of aryl methyl sites for hydroxylation is 1. The largest absolute Gasteiger partial charge is 0.476 e. The van der Waals surface area contributed by atoms with Crippen molar-refractivity contribution in [2.24, 2.45) is 7.05 Å². The zero-order valence-corrected chi connectivity index (χ0v) is 24.2. The summed E-state index contributed by atoms with van der Waals surface area (Å²) in [6, 6.07) is 1.83. The molecule has 2 bridgehead atoms. The fraction of sp³-hybridized carbons (Fsp3) is 0.500. The second-order valence-corrected chi connectivity index (χ2v) is 10.3. The monoisotopic (exact) mass is 550 g/mol. The lowest BCUT2D eigenvalue weighted by molar-refractivity contribution is 0.0914. The molecule has 40 heavy (non-hydrogen) atoms. The van der Waals surface area contributed by atoms with Gasteiger partial charge in [0, 0.05) is 43.9 Å². The smallest absolute Gasteiger partial charge is 0.240 e. The number of methoxy groups -OCH3 is 1. The maximum atomic E-state index is 10.0. The van der Waals surface area contributed by atoms with Crippen molar-refractivity contribution < 1.29 is 19.3 Å². The number of ether oxygens (including phenoxy) is 3. The van der Waals surface area contributed by atoms with Gasteiger partial charge in [0.15, 0.2) is 5.65 Å². The molecule has 5 rings (SSSR count). The van der Waals surface area contributed by atoms with Gasteiger partial charge in [0.25, 0.3) is 0 Å². The summed E-state index contributed by atoms with van der Waals surface area (Å²) in [5, 5.41) is 27.9. The van der Waals surface area contributed by atoms with Gasteiger partial charge in [-0.05, 0) is 53.0 Å². The molecule has 0 amide bonds. The van der Waals surface area contributed by atoms with Crippen LogP contribution in [0.5, 0.6) is 11.8 Å². The van der Waals surface area contributed by atoms with Crippen LogP contribution in [0.15, 0.2) is 12.3 Å². The zero-order chi connectivity index (χ0) is 28.6. The summed E-state index contributed by atoms with van der Waals surface area (Å²) >= 11 is 0. The molecule has 0 saturated carbocycles. The van der Waals surface area contributed by atoms with Crippen molar-refractivity contribution in [3.05, 3.63) is 34.9 Å². The van der Waals surface area contributed by atoms with Crippen molar-refractivity contribution in [3.63, 3.8) is 0 Å². The van der Waals surface area contributed by atoms with Crippen LogP contribution in [0.4, 0.5) is 0 Å². The van der Waals surface area contributed by atoms with Crippen LogP contribution >= 0.6 is 0 Å². The number of likely N-dealkylation sites (N-methyl/N-ethyl adjacent to an activating group) is 1. The Bertz CT molecular complexity index is 1520. The summed E-state index contributed by atoms with van der Waals surface area (Å²) in [4.78, 5) is 6.86. The Hall–Kier alpha value is -3.74. The standard InChI is InChI=1S/C28H38N8O4/c1-8-39-27-20-9-10-22-21-11-19(12-29-26(21)31-30-22)25-23(15-38-7)32-35(6)28(25)40-18(4)17(3)34(5)13-24(20)36(33-27)16(2)14-37/h9-12,16-18,37H,8,13-15H2,1-7H3,(H,29,30,31)/b10-9+/t16-,17+,18?/m0/s1. The van der Waals surface area contributed by atoms with Crippen molar-refractivity contribution in [3.8, 4) is 22.9 Å². The first-order valence-corrected chi connectivity index (χ1v) is 13.6. The van der Waals surface area contributed by atoms with Crippen LogP contribution in [0.2, 0.25) is 0 Å². The number of hydrogen-bond acceptors (Lipinski definition) is 9. The summed E-state index contributed by atoms with van der Waals surface area (Å²) in [6.45, 7) is 9.38. The number of aromatic amines is 1. The van der Waals surface area contributed by atoms with E-state index in [9.17, 15) is 5.11 Å². The summed E-state index contributed by atoms with van der Waals surface area (Å²) in [7, 11) is 5.59. The Balaban J connectivity index is 1.74. The van der Waals surface area contributed by atoms with Crippen LogP contribution in [-0.4, -0.2) is 84.3 Å². The minimum atomic E-state index is -0.230. The van der Waals surface area contributed by atoms with E-state index in [1.54, 1.807) is 18.0 Å². The Kier molecular flexibility index (Phi) is 7.92. The molecule has 2 N–H and O–H groups in total. The van der Waals surface area contributed by atoms with E-state index in [1.165, 1.54) is 0 Å². The predicted octanol–water partition coefficient (Wildman–Crippen LogP) is 3.42. The van der Waals surface area contributed by atoms with Crippen molar-refractivity contribution >= 4 is 23.2 Å². The molecule has 1 unspecified atom stereocenters. The highest BCUT2D eigenvalue weighted by molar-refractivity contribution is 5.91. The number of fused-ring (bicyclic) bond motifs is 4. The molecule has 12 heteroatoms. The number of nitrogens with one attached hydrogen (secondary N) is 1. The third-order valence-corrected chi connectivity index (χ3v) is 7.54. The zero-order valence-electron chi connectivity index (χ0n) is 24.2. The van der Waals surface area contributed by atoms with E-state index in [1.807, 2.05) is 37.7 Å². The van der Waals surface area contributed by atoms with E-state index in [4.69, 9.17) is 24.4 Å². The molecule has 0 fully saturated rings. The highest BCUT2D eigenvalue weighted by atomic mass is 16.5. The van der Waals surface area contributed by atoms with Crippen molar-refractivity contribution in [1.82, 2.24) is 39.6 Å². The van der Waals surface area contributed by atoms with E-state index in [0.29, 0.717) is 37.2 Å². The number of nitrogens with zero attached hydrogens (tertiary/aromatic N) is 7. The molecular weight excluding hydrogens is 512 g/mol. The van der Waals surface area contributed by atoms with E-state index in [0.717, 1.165) is 39.2 Å². The molecule has 0 aromatic carbocycles. The van der Waals surface area contributed by atoms with E-state index < -0.39 is 0 Å². The lowest BCUT2D eigenvalue weighted by atomic mass is 10.1. The van der Waals surface area contributed by atoms with Gasteiger partial charge >= 0.3 is 0 Å². The number of rotatable bonds is 6. The highest BCUT2D eigenvalue weighted by Crippen LogP contribution is 2.37. The van der Waals surface area contributed by atoms with Crippen LogP contribution in [0.1, 0.15) is 56.4 Å². The number of aliphatic hydroxyl groups excluding tert-OH is 1. The average Bonchev–Trinajstić information content (AvgIpc) is 3.59. The molecular formula is C28H38N8O4. The molecule has 4 aromatic heterocycles. The van der Waals surface area contributed by atoms with Gasteiger partial charge < -0.3 is 19.3 Å². The lowest BCUT2D eigenvalue weighted by Gasteiger charge is -2.31. The minimum absolute atomic E-state index is 0.0106. The van der Waals surface area contributed by atoms with Gasteiger partial charge in [0.05, 0.1) is 54.1 Å². The van der Waals surface area contributed by atoms with Crippen LogP contribution < -0.4 is 9.47 Å². The molecule has 4 aromatic rings. The summed E-state index contributed by atoms with van der Waals surface area (Å²) < 4.78 is 21.7. The third kappa shape index (κ3) is 4.98. The molecule has 0 aliphatic carbocycles. The molecule has 214 valence electrons. The summed E-state index contributed by atoms with van der Waals surface area (Å²) in [5.41, 5.74) is 5.67. The van der Waals surface area contributed by atoms with E-state index >= 15 is 0 Å². The van der Waals surface area contributed by atoms with Gasteiger partial charge in [0.2, 0.25) is 11.8 Å². The van der Waals surface area contributed by atoms with E-state index in [-0.39, 0.29) is 24.8 Å². The number of pyridine rings is 1. The Morgan fingerprint density at radius 1 is 1.23 bits per heavy atom. The summed E-state index contributed by atoms with van der Waals surface area (Å²) in [5.74, 6) is 1.17. The topological polar surface area (TPSA) is 128 Å². The second-order valence-electron chi connectivity index (χ2n) is 10.3. The third-order valence-electron chi connectivity index (χ3n) is 7.54. The normalized spacial score (nSPS) is 19.5. The van der Waals surface area contributed by atoms with Crippen molar-refractivity contribution in [2.45, 2.75) is 59.0 Å². The van der Waals surface area contributed by atoms with Crippen LogP contribution in [0.3, 0.4) is 0 Å². The van der Waals surface area contributed by atoms with Gasteiger partial charge in [-0.1, -0.05) is 0 Å². The Morgan fingerprint density at radius 2 is 2.02 bits per heavy atom. The first-order chi connectivity index (χ1) is 19.3. The van der Waals surface area contributed by atoms with Crippen LogP contribution in [-0.2, 0) is 24.9 Å². The average molecular weight is 551 g/mol.